The van der Waals surface area contributed by atoms with Crippen molar-refractivity contribution in [3.63, 3.8) is 0 Å². The number of carbonyl (C=O) groups is 1. The van der Waals surface area contributed by atoms with Gasteiger partial charge in [-0.05, 0) is 11.4 Å². The number of hydrogen-bond donors (Lipinski definition) is 0. The quantitative estimate of drug-likeness (QED) is 0.742. The van der Waals surface area contributed by atoms with E-state index in [2.05, 4.69) is 0 Å². The molecule has 1 rings (SSSR count). The number of alkyl halides is 3. The third-order valence-corrected chi connectivity index (χ3v) is 2.38. The molecular weight excluding hydrogens is 201 g/mol. The number of hydrogen-bond acceptors (Lipinski definition) is 2. The number of carbonyl (C=O) groups excluding carboxylic acids is 1. The molecule has 1 aromatic heterocycles. The van der Waals surface area contributed by atoms with Crippen molar-refractivity contribution in [1.29, 1.82) is 0 Å². The first-order valence-corrected chi connectivity index (χ1v) is 4.43. The Labute approximate surface area is 77.2 Å². The largest absolute Gasteiger partial charge is 0.312 e. The van der Waals surface area contributed by atoms with Gasteiger partial charge in [-0.1, -0.05) is 6.07 Å². The first-order valence-electron chi connectivity index (χ1n) is 3.56. The lowest BCUT2D eigenvalue weighted by Crippen LogP contribution is -2.32. The SMILES string of the molecule is O=C(CF)C(F)(F)Cc1cccs1. The zero-order valence-electron chi connectivity index (χ0n) is 6.60. The van der Waals surface area contributed by atoms with Crippen LogP contribution in [0.1, 0.15) is 4.88 Å². The van der Waals surface area contributed by atoms with E-state index in [-0.39, 0.29) is 0 Å². The van der Waals surface area contributed by atoms with E-state index in [1.807, 2.05) is 0 Å². The van der Waals surface area contributed by atoms with Crippen LogP contribution in [0.3, 0.4) is 0 Å². The van der Waals surface area contributed by atoms with Gasteiger partial charge in [0.1, 0.15) is 0 Å². The Hall–Kier alpha value is -0.840. The number of halogens is 3. The molecule has 5 heteroatoms. The first kappa shape index (κ1) is 10.2. The summed E-state index contributed by atoms with van der Waals surface area (Å²) in [6.45, 7) is -1.61. The van der Waals surface area contributed by atoms with E-state index in [1.165, 1.54) is 6.07 Å². The van der Waals surface area contributed by atoms with Crippen LogP contribution in [0.4, 0.5) is 13.2 Å². The summed E-state index contributed by atoms with van der Waals surface area (Å²) in [5, 5.41) is 1.63. The minimum absolute atomic E-state index is 0.381. The summed E-state index contributed by atoms with van der Waals surface area (Å²) in [4.78, 5) is 10.8. The number of ketones is 1. The molecule has 72 valence electrons. The van der Waals surface area contributed by atoms with Gasteiger partial charge in [-0.25, -0.2) is 4.39 Å². The van der Waals surface area contributed by atoms with Crippen LogP contribution in [-0.2, 0) is 11.2 Å². The standard InChI is InChI=1S/C8H7F3OS/c9-5-7(12)8(10,11)4-6-2-1-3-13-6/h1-3H,4-5H2. The van der Waals surface area contributed by atoms with Crippen LogP contribution in [0.5, 0.6) is 0 Å². The predicted octanol–water partition coefficient (Wildman–Crippen LogP) is 2.46. The smallest absolute Gasteiger partial charge is 0.290 e. The van der Waals surface area contributed by atoms with E-state index in [0.29, 0.717) is 4.88 Å². The highest BCUT2D eigenvalue weighted by Gasteiger charge is 2.38. The van der Waals surface area contributed by atoms with Gasteiger partial charge in [0.2, 0.25) is 5.78 Å². The van der Waals surface area contributed by atoms with Crippen LogP contribution in [0.2, 0.25) is 0 Å². The highest BCUT2D eigenvalue weighted by molar-refractivity contribution is 7.09. The average Bonchev–Trinajstić information content (AvgIpc) is 2.54. The average molecular weight is 208 g/mol. The lowest BCUT2D eigenvalue weighted by molar-refractivity contribution is -0.143. The zero-order chi connectivity index (χ0) is 9.90. The molecule has 0 radical (unpaired) electrons. The Morgan fingerprint density at radius 1 is 1.54 bits per heavy atom. The van der Waals surface area contributed by atoms with Gasteiger partial charge in [-0.2, -0.15) is 8.78 Å². The predicted molar refractivity (Wildman–Crippen MR) is 44.0 cm³/mol. The van der Waals surface area contributed by atoms with Gasteiger partial charge >= 0.3 is 5.92 Å². The fourth-order valence-electron chi connectivity index (χ4n) is 0.828. The molecule has 0 aliphatic heterocycles. The molecule has 0 N–H and O–H groups in total. The molecule has 0 fully saturated rings. The van der Waals surface area contributed by atoms with Crippen molar-refractivity contribution in [2.45, 2.75) is 12.3 Å². The van der Waals surface area contributed by atoms with Gasteiger partial charge < -0.3 is 0 Å². The number of thiophene rings is 1. The molecule has 0 aliphatic carbocycles. The maximum absolute atomic E-state index is 12.8. The summed E-state index contributed by atoms with van der Waals surface area (Å²) in [7, 11) is 0. The maximum Gasteiger partial charge on any atom is 0.312 e. The lowest BCUT2D eigenvalue weighted by Gasteiger charge is -2.11. The van der Waals surface area contributed by atoms with E-state index >= 15 is 0 Å². The maximum atomic E-state index is 12.8. The fraction of sp³-hybridized carbons (Fsp3) is 0.375. The van der Waals surface area contributed by atoms with Crippen molar-refractivity contribution in [3.05, 3.63) is 22.4 Å². The second-order valence-corrected chi connectivity index (χ2v) is 3.55. The van der Waals surface area contributed by atoms with Gasteiger partial charge in [0.25, 0.3) is 0 Å². The zero-order valence-corrected chi connectivity index (χ0v) is 7.41. The Balaban J connectivity index is 2.67. The minimum Gasteiger partial charge on any atom is -0.290 e. The monoisotopic (exact) mass is 208 g/mol. The Kier molecular flexibility index (Phi) is 3.08. The molecule has 1 nitrogen and oxygen atoms in total. The molecule has 0 spiro atoms. The van der Waals surface area contributed by atoms with Crippen molar-refractivity contribution in [2.24, 2.45) is 0 Å². The highest BCUT2D eigenvalue weighted by atomic mass is 32.1. The van der Waals surface area contributed by atoms with Crippen LogP contribution in [0, 0.1) is 0 Å². The van der Waals surface area contributed by atoms with Crippen molar-refractivity contribution in [2.75, 3.05) is 6.67 Å². The Bertz CT molecular complexity index is 282. The molecule has 0 aromatic carbocycles. The lowest BCUT2D eigenvalue weighted by atomic mass is 10.1. The van der Waals surface area contributed by atoms with Crippen molar-refractivity contribution >= 4 is 17.1 Å². The summed E-state index contributed by atoms with van der Waals surface area (Å²) in [6, 6.07) is 3.10. The molecular formula is C8H7F3OS. The van der Waals surface area contributed by atoms with Crippen molar-refractivity contribution in [1.82, 2.24) is 0 Å². The van der Waals surface area contributed by atoms with Crippen LogP contribution in [-0.4, -0.2) is 18.4 Å². The second-order valence-electron chi connectivity index (χ2n) is 2.52. The van der Waals surface area contributed by atoms with Gasteiger partial charge in [-0.15, -0.1) is 11.3 Å². The highest BCUT2D eigenvalue weighted by Crippen LogP contribution is 2.23. The summed E-state index contributed by atoms with van der Waals surface area (Å²) in [5.41, 5.74) is 0. The van der Waals surface area contributed by atoms with Crippen LogP contribution in [0.15, 0.2) is 17.5 Å². The fourth-order valence-corrected chi connectivity index (χ4v) is 1.58. The van der Waals surface area contributed by atoms with Crippen LogP contribution >= 0.6 is 11.3 Å². The third kappa shape index (κ3) is 2.55. The minimum atomic E-state index is -3.57. The van der Waals surface area contributed by atoms with E-state index in [9.17, 15) is 18.0 Å². The van der Waals surface area contributed by atoms with Crippen molar-refractivity contribution < 1.29 is 18.0 Å². The van der Waals surface area contributed by atoms with E-state index < -0.39 is 24.8 Å². The Morgan fingerprint density at radius 3 is 2.69 bits per heavy atom. The number of rotatable bonds is 4. The molecule has 0 saturated carbocycles. The summed E-state index contributed by atoms with van der Waals surface area (Å²) in [5.74, 6) is -5.22. The topological polar surface area (TPSA) is 17.1 Å². The van der Waals surface area contributed by atoms with Crippen LogP contribution in [0.25, 0.3) is 0 Å². The molecule has 0 bridgehead atoms. The second kappa shape index (κ2) is 3.91. The summed E-state index contributed by atoms with van der Waals surface area (Å²) < 4.78 is 37.3. The summed E-state index contributed by atoms with van der Waals surface area (Å²) >= 11 is 1.12. The molecule has 0 aliphatic rings. The van der Waals surface area contributed by atoms with E-state index in [0.717, 1.165) is 11.3 Å². The molecule has 13 heavy (non-hydrogen) atoms. The number of Topliss-reactive ketones (excluding diaryl/α,β-unsaturated/α-hetero) is 1. The van der Waals surface area contributed by atoms with E-state index in [4.69, 9.17) is 0 Å². The Morgan fingerprint density at radius 2 is 2.23 bits per heavy atom. The molecule has 1 aromatic rings. The van der Waals surface area contributed by atoms with Gasteiger partial charge in [0.15, 0.2) is 6.67 Å². The molecule has 0 atom stereocenters. The molecule has 0 amide bonds. The van der Waals surface area contributed by atoms with Gasteiger partial charge in [0.05, 0.1) is 6.42 Å². The normalized spacial score (nSPS) is 11.6. The molecule has 0 unspecified atom stereocenters. The molecule has 0 saturated heterocycles. The van der Waals surface area contributed by atoms with Crippen molar-refractivity contribution in [3.8, 4) is 0 Å². The van der Waals surface area contributed by atoms with Gasteiger partial charge in [0, 0.05) is 4.88 Å². The summed E-state index contributed by atoms with van der Waals surface area (Å²) in [6.07, 6.45) is -0.701. The van der Waals surface area contributed by atoms with Gasteiger partial charge in [-0.3, -0.25) is 4.79 Å². The van der Waals surface area contributed by atoms with Crippen LogP contribution < -0.4 is 0 Å². The molecule has 1 heterocycles. The third-order valence-electron chi connectivity index (χ3n) is 1.51. The first-order chi connectivity index (χ1) is 6.06. The van der Waals surface area contributed by atoms with E-state index in [1.54, 1.807) is 11.4 Å².